The normalized spacial score (nSPS) is 11.0. The van der Waals surface area contributed by atoms with E-state index < -0.39 is 0 Å². The maximum atomic E-state index is 6.10. The van der Waals surface area contributed by atoms with Gasteiger partial charge in [0.1, 0.15) is 18.1 Å². The van der Waals surface area contributed by atoms with Gasteiger partial charge in [0.2, 0.25) is 11.2 Å². The quantitative estimate of drug-likeness (QED) is 0.139. The van der Waals surface area contributed by atoms with Gasteiger partial charge in [0, 0.05) is 6.07 Å². The summed E-state index contributed by atoms with van der Waals surface area (Å²) in [4.78, 5) is 11.7. The first-order valence-electron chi connectivity index (χ1n) is 14.8. The highest BCUT2D eigenvalue weighted by Crippen LogP contribution is 2.25. The van der Waals surface area contributed by atoms with Gasteiger partial charge in [-0.15, -0.1) is 0 Å². The van der Waals surface area contributed by atoms with Crippen LogP contribution in [0.3, 0.4) is 0 Å². The Morgan fingerprint density at radius 3 is 1.55 bits per heavy atom. The lowest BCUT2D eigenvalue weighted by atomic mass is 10.1. The monoisotopic (exact) mass is 548 g/mol. The van der Waals surface area contributed by atoms with Crippen LogP contribution in [0, 0.1) is 0 Å². The number of benzene rings is 1. The Balaban J connectivity index is 1.83. The van der Waals surface area contributed by atoms with Crippen molar-refractivity contribution in [3.8, 4) is 17.5 Å². The Labute approximate surface area is 235 Å². The molecule has 2 N–H and O–H groups in total. The van der Waals surface area contributed by atoms with Crippen molar-refractivity contribution in [2.75, 3.05) is 18.9 Å². The first-order chi connectivity index (χ1) is 18.6. The standard InChI is InChI=1S/C30H49ClN4O3/c1-3-5-7-9-11-13-15-17-19-36-26-21-25(24-38-30-34-28(31)33-29(32)35-30)22-27(23-26)37-20-18-16-14-12-10-8-6-4-2/h21-23H,3-20,24H2,1-2H3,(H2,32,33,34,35). The summed E-state index contributed by atoms with van der Waals surface area (Å²) < 4.78 is 17.9. The molecule has 1 heterocycles. The number of nitrogens with two attached hydrogens (primary N) is 1. The van der Waals surface area contributed by atoms with Crippen LogP contribution in [-0.2, 0) is 6.61 Å². The van der Waals surface area contributed by atoms with Gasteiger partial charge < -0.3 is 19.9 Å². The van der Waals surface area contributed by atoms with Crippen LogP contribution in [0.5, 0.6) is 17.5 Å². The summed E-state index contributed by atoms with van der Waals surface area (Å²) in [5.74, 6) is 1.60. The van der Waals surface area contributed by atoms with Crippen LogP contribution in [0.2, 0.25) is 5.28 Å². The van der Waals surface area contributed by atoms with Crippen molar-refractivity contribution in [2.24, 2.45) is 0 Å². The van der Waals surface area contributed by atoms with Gasteiger partial charge in [-0.25, -0.2) is 0 Å². The van der Waals surface area contributed by atoms with E-state index in [0.29, 0.717) is 13.2 Å². The van der Waals surface area contributed by atoms with Crippen LogP contribution in [-0.4, -0.2) is 28.2 Å². The zero-order valence-corrected chi connectivity index (χ0v) is 24.4. The molecule has 7 nitrogen and oxygen atoms in total. The van der Waals surface area contributed by atoms with Crippen LogP contribution in [0.15, 0.2) is 18.2 Å². The molecule has 2 rings (SSSR count). The van der Waals surface area contributed by atoms with Crippen molar-refractivity contribution < 1.29 is 14.2 Å². The molecule has 0 unspecified atom stereocenters. The van der Waals surface area contributed by atoms with Gasteiger partial charge in [-0.1, -0.05) is 104 Å². The molecule has 0 bridgehead atoms. The second-order valence-corrected chi connectivity index (χ2v) is 10.3. The van der Waals surface area contributed by atoms with E-state index in [2.05, 4.69) is 28.8 Å². The molecule has 0 spiro atoms. The Hall–Kier alpha value is -2.28. The van der Waals surface area contributed by atoms with Gasteiger partial charge in [0.05, 0.1) is 13.2 Å². The van der Waals surface area contributed by atoms with Crippen molar-refractivity contribution in [1.29, 1.82) is 0 Å². The molecular weight excluding hydrogens is 500 g/mol. The van der Waals surface area contributed by atoms with E-state index in [4.69, 9.17) is 31.5 Å². The van der Waals surface area contributed by atoms with E-state index in [1.54, 1.807) is 0 Å². The lowest BCUT2D eigenvalue weighted by Crippen LogP contribution is -2.05. The number of aromatic nitrogens is 3. The summed E-state index contributed by atoms with van der Waals surface area (Å²) in [7, 11) is 0. The number of nitrogen functional groups attached to an aromatic ring is 1. The van der Waals surface area contributed by atoms with Gasteiger partial charge in [-0.05, 0) is 42.1 Å². The Morgan fingerprint density at radius 1 is 0.605 bits per heavy atom. The molecule has 0 aliphatic heterocycles. The van der Waals surface area contributed by atoms with E-state index in [-0.39, 0.29) is 23.8 Å². The highest BCUT2D eigenvalue weighted by molar-refractivity contribution is 6.28. The van der Waals surface area contributed by atoms with Gasteiger partial charge in [0.15, 0.2) is 0 Å². The number of rotatable bonds is 23. The second-order valence-electron chi connectivity index (χ2n) is 9.99. The van der Waals surface area contributed by atoms with Gasteiger partial charge >= 0.3 is 6.01 Å². The molecule has 1 aromatic heterocycles. The smallest absolute Gasteiger partial charge is 0.322 e. The zero-order chi connectivity index (χ0) is 27.3. The first kappa shape index (κ1) is 31.9. The van der Waals surface area contributed by atoms with Crippen LogP contribution in [0.25, 0.3) is 0 Å². The molecule has 0 fully saturated rings. The first-order valence-corrected chi connectivity index (χ1v) is 15.2. The zero-order valence-electron chi connectivity index (χ0n) is 23.7. The van der Waals surface area contributed by atoms with Crippen LogP contribution < -0.4 is 19.9 Å². The fraction of sp³-hybridized carbons (Fsp3) is 0.700. The Morgan fingerprint density at radius 2 is 1.08 bits per heavy atom. The molecule has 0 amide bonds. The predicted molar refractivity (Wildman–Crippen MR) is 156 cm³/mol. The number of unbranched alkanes of at least 4 members (excludes halogenated alkanes) is 14. The summed E-state index contributed by atoms with van der Waals surface area (Å²) in [5.41, 5.74) is 6.55. The molecule has 1 aromatic carbocycles. The highest BCUT2D eigenvalue weighted by Gasteiger charge is 2.08. The van der Waals surface area contributed by atoms with Crippen molar-refractivity contribution in [2.45, 2.75) is 123 Å². The topological polar surface area (TPSA) is 92.4 Å². The second kappa shape index (κ2) is 20.7. The number of hydrogen-bond acceptors (Lipinski definition) is 7. The molecule has 0 aliphatic rings. The molecule has 0 aliphatic carbocycles. The van der Waals surface area contributed by atoms with Crippen LogP contribution >= 0.6 is 11.6 Å². The van der Waals surface area contributed by atoms with Crippen molar-refractivity contribution >= 4 is 17.5 Å². The SMILES string of the molecule is CCCCCCCCCCOc1cc(COc2nc(N)nc(Cl)n2)cc(OCCCCCCCCCC)c1. The molecular formula is C30H49ClN4O3. The average molecular weight is 549 g/mol. The highest BCUT2D eigenvalue weighted by atomic mass is 35.5. The van der Waals surface area contributed by atoms with E-state index >= 15 is 0 Å². The van der Waals surface area contributed by atoms with E-state index in [1.807, 2.05) is 18.2 Å². The minimum absolute atomic E-state index is 0.00401. The molecule has 0 radical (unpaired) electrons. The summed E-state index contributed by atoms with van der Waals surface area (Å²) in [6.07, 6.45) is 20.3. The maximum Gasteiger partial charge on any atom is 0.322 e. The third kappa shape index (κ3) is 15.2. The van der Waals surface area contributed by atoms with E-state index in [1.165, 1.54) is 89.9 Å². The number of anilines is 1. The summed E-state index contributed by atoms with van der Waals surface area (Å²) in [6, 6.07) is 6.01. The van der Waals surface area contributed by atoms with Crippen molar-refractivity contribution in [3.05, 3.63) is 29.0 Å². The molecule has 8 heteroatoms. The van der Waals surface area contributed by atoms with Gasteiger partial charge in [0.25, 0.3) is 0 Å². The summed E-state index contributed by atoms with van der Waals surface area (Å²) in [5, 5.41) is 0.00401. The third-order valence-electron chi connectivity index (χ3n) is 6.45. The van der Waals surface area contributed by atoms with Crippen LogP contribution in [0.1, 0.15) is 122 Å². The number of nitrogens with zero attached hydrogens (tertiary/aromatic N) is 3. The molecule has 0 saturated carbocycles. The fourth-order valence-corrected chi connectivity index (χ4v) is 4.45. The van der Waals surface area contributed by atoms with Gasteiger partial charge in [-0.3, -0.25) is 0 Å². The number of hydrogen-bond donors (Lipinski definition) is 1. The summed E-state index contributed by atoms with van der Waals surface area (Å²) in [6.45, 7) is 6.13. The van der Waals surface area contributed by atoms with Crippen molar-refractivity contribution in [3.63, 3.8) is 0 Å². The lowest BCUT2D eigenvalue weighted by Gasteiger charge is -2.13. The Kier molecular flexibility index (Phi) is 17.4. The third-order valence-corrected chi connectivity index (χ3v) is 6.61. The molecule has 2 aromatic rings. The molecule has 214 valence electrons. The summed E-state index contributed by atoms with van der Waals surface area (Å²) >= 11 is 5.87. The minimum Gasteiger partial charge on any atom is -0.493 e. The number of halogens is 1. The van der Waals surface area contributed by atoms with E-state index in [9.17, 15) is 0 Å². The van der Waals surface area contributed by atoms with Crippen LogP contribution in [0.4, 0.5) is 5.95 Å². The molecule has 38 heavy (non-hydrogen) atoms. The largest absolute Gasteiger partial charge is 0.493 e. The maximum absolute atomic E-state index is 6.10. The minimum atomic E-state index is 0.00401. The Bertz CT molecular complexity index is 824. The number of ether oxygens (including phenoxy) is 3. The lowest BCUT2D eigenvalue weighted by molar-refractivity contribution is 0.271. The van der Waals surface area contributed by atoms with Crippen molar-refractivity contribution in [1.82, 2.24) is 15.0 Å². The average Bonchev–Trinajstić information content (AvgIpc) is 2.89. The molecule has 0 saturated heterocycles. The fourth-order valence-electron chi connectivity index (χ4n) is 4.29. The van der Waals surface area contributed by atoms with E-state index in [0.717, 1.165) is 29.9 Å². The van der Waals surface area contributed by atoms with Gasteiger partial charge in [-0.2, -0.15) is 15.0 Å². The molecule has 0 atom stereocenters. The predicted octanol–water partition coefficient (Wildman–Crippen LogP) is 8.73.